The van der Waals surface area contributed by atoms with Gasteiger partial charge in [0, 0.05) is 0 Å². The number of thioether (sulfide) groups is 1. The van der Waals surface area contributed by atoms with E-state index >= 15 is 0 Å². The summed E-state index contributed by atoms with van der Waals surface area (Å²) < 4.78 is 5.16. The topological polar surface area (TPSA) is 50.1 Å². The van der Waals surface area contributed by atoms with Crippen molar-refractivity contribution in [2.24, 2.45) is 0 Å². The van der Waals surface area contributed by atoms with Crippen LogP contribution in [0.15, 0.2) is 9.39 Å². The molecule has 0 aliphatic rings. The molecule has 0 aromatic heterocycles. The van der Waals surface area contributed by atoms with Crippen LogP contribution in [0.5, 0.6) is 0 Å². The van der Waals surface area contributed by atoms with Gasteiger partial charge >= 0.3 is 5.97 Å². The summed E-state index contributed by atoms with van der Waals surface area (Å²) in [4.78, 5) is 11.0. The van der Waals surface area contributed by atoms with E-state index in [0.29, 0.717) is 3.81 Å². The molecule has 0 aliphatic carbocycles. The van der Waals surface area contributed by atoms with E-state index in [9.17, 15) is 4.79 Å². The second-order valence-electron chi connectivity index (χ2n) is 1.69. The zero-order valence-electron chi connectivity index (χ0n) is 6.76. The van der Waals surface area contributed by atoms with Crippen LogP contribution in [0.25, 0.3) is 0 Å². The zero-order valence-corrected chi connectivity index (χ0v) is 9.16. The summed E-state index contributed by atoms with van der Waals surface area (Å²) in [7, 11) is 0. The second-order valence-corrected chi connectivity index (χ2v) is 3.82. The van der Waals surface area contributed by atoms with Gasteiger partial charge in [0.05, 0.1) is 10.4 Å². The molecule has 0 amide bonds. The van der Waals surface area contributed by atoms with Gasteiger partial charge in [0.25, 0.3) is 0 Å². The number of carbonyl (C=O) groups is 1. The normalized spacial score (nSPS) is 11.5. The lowest BCUT2D eigenvalue weighted by Crippen LogP contribution is -2.06. The lowest BCUT2D eigenvalue weighted by atomic mass is 10.3. The molecule has 0 unspecified atom stereocenters. The highest BCUT2D eigenvalue weighted by molar-refractivity contribution is 9.14. The molecule has 0 rings (SSSR count). The van der Waals surface area contributed by atoms with Crippen molar-refractivity contribution in [1.29, 1.82) is 5.26 Å². The second kappa shape index (κ2) is 6.09. The maximum absolute atomic E-state index is 11.0. The van der Waals surface area contributed by atoms with Crippen molar-refractivity contribution in [1.82, 2.24) is 0 Å². The summed E-state index contributed by atoms with van der Waals surface area (Å²) in [6, 6.07) is 1.77. The number of ether oxygens (including phenoxy) is 1. The lowest BCUT2D eigenvalue weighted by Gasteiger charge is -2.00. The third-order valence-electron chi connectivity index (χ3n) is 0.967. The monoisotopic (exact) mass is 249 g/mol. The van der Waals surface area contributed by atoms with Crippen LogP contribution in [-0.4, -0.2) is 18.8 Å². The molecule has 0 radical (unpaired) electrons. The Morgan fingerprint density at radius 2 is 2.33 bits per heavy atom. The highest BCUT2D eigenvalue weighted by Gasteiger charge is 2.13. The van der Waals surface area contributed by atoms with Gasteiger partial charge in [0.15, 0.2) is 5.57 Å². The summed E-state index contributed by atoms with van der Waals surface area (Å²) in [6.07, 6.45) is 1.76. The Kier molecular flexibility index (Phi) is 5.85. The smallest absolute Gasteiger partial charge is 0.350 e. The van der Waals surface area contributed by atoms with E-state index in [0.717, 1.165) is 0 Å². The Hall–Kier alpha value is -0.470. The minimum absolute atomic E-state index is 0.0179. The number of carbonyl (C=O) groups excluding carboxylic acids is 1. The van der Waals surface area contributed by atoms with Gasteiger partial charge in [-0.25, -0.2) is 4.79 Å². The van der Waals surface area contributed by atoms with Crippen molar-refractivity contribution in [3.05, 3.63) is 9.39 Å². The first-order chi connectivity index (χ1) is 5.67. The first-order valence-corrected chi connectivity index (χ1v) is 5.20. The molecule has 0 aromatic rings. The Morgan fingerprint density at radius 1 is 1.75 bits per heavy atom. The Morgan fingerprint density at radius 3 is 2.67 bits per heavy atom. The number of halogens is 1. The average molecular weight is 250 g/mol. The molecule has 5 heteroatoms. The molecular weight excluding hydrogens is 242 g/mol. The third-order valence-corrected chi connectivity index (χ3v) is 2.90. The average Bonchev–Trinajstić information content (AvgIpc) is 2.06. The summed E-state index contributed by atoms with van der Waals surface area (Å²) in [5.41, 5.74) is 0.0179. The first kappa shape index (κ1) is 11.5. The van der Waals surface area contributed by atoms with Gasteiger partial charge < -0.3 is 4.74 Å². The van der Waals surface area contributed by atoms with Crippen molar-refractivity contribution in [2.45, 2.75) is 6.92 Å². The van der Waals surface area contributed by atoms with E-state index in [1.165, 1.54) is 11.8 Å². The molecular formula is C7H8BrNO2S. The molecule has 0 heterocycles. The van der Waals surface area contributed by atoms with E-state index in [1.807, 2.05) is 0 Å². The van der Waals surface area contributed by atoms with Gasteiger partial charge in [0.1, 0.15) is 6.07 Å². The molecule has 66 valence electrons. The van der Waals surface area contributed by atoms with Crippen LogP contribution in [0.3, 0.4) is 0 Å². The van der Waals surface area contributed by atoms with Crippen LogP contribution in [0.4, 0.5) is 0 Å². The van der Waals surface area contributed by atoms with Crippen LogP contribution >= 0.6 is 27.7 Å². The van der Waals surface area contributed by atoms with E-state index in [1.54, 1.807) is 19.2 Å². The Bertz CT molecular complexity index is 244. The van der Waals surface area contributed by atoms with Crippen LogP contribution in [0.2, 0.25) is 0 Å². The third kappa shape index (κ3) is 3.28. The largest absolute Gasteiger partial charge is 0.462 e. The molecule has 12 heavy (non-hydrogen) atoms. The lowest BCUT2D eigenvalue weighted by molar-refractivity contribution is -0.138. The fourth-order valence-corrected chi connectivity index (χ4v) is 1.06. The van der Waals surface area contributed by atoms with Crippen molar-refractivity contribution in [3.8, 4) is 6.07 Å². The van der Waals surface area contributed by atoms with Gasteiger partial charge in [-0.05, 0) is 29.1 Å². The zero-order chi connectivity index (χ0) is 9.56. The van der Waals surface area contributed by atoms with E-state index in [4.69, 9.17) is 5.26 Å². The van der Waals surface area contributed by atoms with Crippen molar-refractivity contribution >= 4 is 33.7 Å². The molecule has 0 saturated heterocycles. The highest BCUT2D eigenvalue weighted by Crippen LogP contribution is 2.23. The maximum atomic E-state index is 11.0. The van der Waals surface area contributed by atoms with E-state index in [2.05, 4.69) is 20.7 Å². The minimum Gasteiger partial charge on any atom is -0.462 e. The first-order valence-electron chi connectivity index (χ1n) is 3.18. The van der Waals surface area contributed by atoms with Crippen LogP contribution < -0.4 is 0 Å². The number of hydrogen-bond acceptors (Lipinski definition) is 4. The molecule has 0 aliphatic heterocycles. The summed E-state index contributed by atoms with van der Waals surface area (Å²) in [5.74, 6) is -0.582. The quantitative estimate of drug-likeness (QED) is 0.437. The van der Waals surface area contributed by atoms with E-state index in [-0.39, 0.29) is 12.2 Å². The predicted octanol–water partition coefficient (Wildman–Crippen LogP) is 2.04. The number of esters is 1. The van der Waals surface area contributed by atoms with Crippen molar-refractivity contribution < 1.29 is 9.53 Å². The fourth-order valence-electron chi connectivity index (χ4n) is 0.475. The minimum atomic E-state index is -0.582. The van der Waals surface area contributed by atoms with Crippen molar-refractivity contribution in [2.75, 3.05) is 12.9 Å². The highest BCUT2D eigenvalue weighted by atomic mass is 79.9. The van der Waals surface area contributed by atoms with Crippen LogP contribution in [-0.2, 0) is 9.53 Å². The fraction of sp³-hybridized carbons (Fsp3) is 0.429. The van der Waals surface area contributed by atoms with Gasteiger partial charge in [-0.15, -0.1) is 11.8 Å². The molecule has 0 bridgehead atoms. The molecule has 0 N–H and O–H groups in total. The molecule has 0 atom stereocenters. The number of rotatable bonds is 3. The van der Waals surface area contributed by atoms with Gasteiger partial charge in [-0.3, -0.25) is 0 Å². The van der Waals surface area contributed by atoms with Crippen molar-refractivity contribution in [3.63, 3.8) is 0 Å². The van der Waals surface area contributed by atoms with Crippen LogP contribution in [0, 0.1) is 11.3 Å². The number of nitriles is 1. The molecule has 0 fully saturated rings. The van der Waals surface area contributed by atoms with Gasteiger partial charge in [0.2, 0.25) is 0 Å². The summed E-state index contributed by atoms with van der Waals surface area (Å²) in [5, 5.41) is 8.57. The molecule has 0 saturated carbocycles. The van der Waals surface area contributed by atoms with E-state index < -0.39 is 5.97 Å². The van der Waals surface area contributed by atoms with Crippen LogP contribution in [0.1, 0.15) is 6.92 Å². The molecule has 0 spiro atoms. The maximum Gasteiger partial charge on any atom is 0.350 e. The summed E-state index contributed by atoms with van der Waals surface area (Å²) in [6.45, 7) is 1.97. The predicted molar refractivity (Wildman–Crippen MR) is 51.7 cm³/mol. The van der Waals surface area contributed by atoms with Gasteiger partial charge in [-0.1, -0.05) is 0 Å². The molecule has 0 aromatic carbocycles. The standard InChI is InChI=1S/C7H8BrNO2S/c1-3-11-7(10)5(4-9)6(8)12-2/h3H2,1-2H3/b6-5+. The number of nitrogens with zero attached hydrogens (tertiary/aromatic N) is 1. The summed E-state index contributed by atoms with van der Waals surface area (Å²) >= 11 is 4.38. The number of hydrogen-bond donors (Lipinski definition) is 0. The Labute approximate surface area is 83.9 Å². The van der Waals surface area contributed by atoms with Gasteiger partial charge in [-0.2, -0.15) is 5.26 Å². The molecule has 3 nitrogen and oxygen atoms in total. The SMILES string of the molecule is CCOC(=O)/C(C#N)=C(\Br)SC. The Balaban J connectivity index is 4.59.